The molecule has 0 bridgehead atoms. The maximum Gasteiger partial charge on any atom is 0.132 e. The SMILES string of the molecule is COCC(C)N1CCN(c2cc(C3=Nc4ccc(OC5(C)CC5)cc43)ncn2)CC1. The van der Waals surface area contributed by atoms with Gasteiger partial charge >= 0.3 is 0 Å². The van der Waals surface area contributed by atoms with Gasteiger partial charge in [-0.1, -0.05) is 0 Å². The zero-order valence-electron chi connectivity index (χ0n) is 18.0. The van der Waals surface area contributed by atoms with E-state index in [0.29, 0.717) is 6.04 Å². The van der Waals surface area contributed by atoms with Gasteiger partial charge in [-0.3, -0.25) is 4.90 Å². The molecule has 1 saturated heterocycles. The Bertz CT molecular complexity index is 964. The van der Waals surface area contributed by atoms with Gasteiger partial charge in [0.15, 0.2) is 0 Å². The molecule has 1 aromatic heterocycles. The maximum atomic E-state index is 6.12. The van der Waals surface area contributed by atoms with Gasteiger partial charge in [-0.15, -0.1) is 0 Å². The van der Waals surface area contributed by atoms with Crippen LogP contribution in [0.5, 0.6) is 5.75 Å². The zero-order valence-corrected chi connectivity index (χ0v) is 18.0. The number of piperazine rings is 1. The lowest BCUT2D eigenvalue weighted by atomic mass is 9.98. The maximum absolute atomic E-state index is 6.12. The summed E-state index contributed by atoms with van der Waals surface area (Å²) in [7, 11) is 1.76. The van der Waals surface area contributed by atoms with Crippen molar-refractivity contribution in [1.29, 1.82) is 0 Å². The third kappa shape index (κ3) is 3.79. The molecule has 158 valence electrons. The second-order valence-corrected chi connectivity index (χ2v) is 8.78. The molecule has 2 fully saturated rings. The highest BCUT2D eigenvalue weighted by Crippen LogP contribution is 2.42. The Balaban J connectivity index is 1.28. The number of ether oxygens (including phenoxy) is 2. The first-order valence-electron chi connectivity index (χ1n) is 10.8. The number of hydrogen-bond donors (Lipinski definition) is 0. The largest absolute Gasteiger partial charge is 0.488 e. The quantitative estimate of drug-likeness (QED) is 0.600. The Hall–Kier alpha value is -2.51. The van der Waals surface area contributed by atoms with E-state index >= 15 is 0 Å². The minimum absolute atomic E-state index is 0.0142. The number of anilines is 1. The molecule has 1 aliphatic carbocycles. The smallest absolute Gasteiger partial charge is 0.132 e. The second kappa shape index (κ2) is 7.63. The van der Waals surface area contributed by atoms with Gasteiger partial charge in [0.1, 0.15) is 23.5 Å². The summed E-state index contributed by atoms with van der Waals surface area (Å²) in [5, 5.41) is 0. The van der Waals surface area contributed by atoms with Crippen LogP contribution in [0.15, 0.2) is 35.6 Å². The van der Waals surface area contributed by atoms with Crippen molar-refractivity contribution >= 4 is 17.2 Å². The fourth-order valence-electron chi connectivity index (χ4n) is 4.14. The molecule has 30 heavy (non-hydrogen) atoms. The van der Waals surface area contributed by atoms with Crippen molar-refractivity contribution in [3.63, 3.8) is 0 Å². The molecule has 5 rings (SSSR count). The van der Waals surface area contributed by atoms with Crippen LogP contribution < -0.4 is 9.64 Å². The van der Waals surface area contributed by atoms with Crippen LogP contribution in [0, 0.1) is 0 Å². The molecule has 1 saturated carbocycles. The zero-order chi connectivity index (χ0) is 20.7. The normalized spacial score (nSPS) is 20.8. The third-order valence-electron chi connectivity index (χ3n) is 6.34. The van der Waals surface area contributed by atoms with Crippen LogP contribution in [-0.2, 0) is 4.74 Å². The summed E-state index contributed by atoms with van der Waals surface area (Å²) < 4.78 is 11.4. The Morgan fingerprint density at radius 3 is 2.63 bits per heavy atom. The predicted octanol–water partition coefficient (Wildman–Crippen LogP) is 3.05. The van der Waals surface area contributed by atoms with Crippen molar-refractivity contribution in [3.05, 3.63) is 41.9 Å². The summed E-state index contributed by atoms with van der Waals surface area (Å²) >= 11 is 0. The first kappa shape index (κ1) is 19.5. The molecular formula is C23H29N5O2. The van der Waals surface area contributed by atoms with Crippen molar-refractivity contribution in [2.45, 2.75) is 38.3 Å². The van der Waals surface area contributed by atoms with Gasteiger partial charge in [-0.05, 0) is 44.9 Å². The predicted molar refractivity (Wildman–Crippen MR) is 117 cm³/mol. The monoisotopic (exact) mass is 407 g/mol. The highest BCUT2D eigenvalue weighted by atomic mass is 16.5. The molecule has 2 aromatic rings. The summed E-state index contributed by atoms with van der Waals surface area (Å²) in [6, 6.07) is 8.64. The molecule has 2 aliphatic heterocycles. The van der Waals surface area contributed by atoms with Crippen LogP contribution in [0.25, 0.3) is 0 Å². The van der Waals surface area contributed by atoms with Gasteiger partial charge in [-0.2, -0.15) is 0 Å². The Kier molecular flexibility index (Phi) is 4.95. The number of aromatic nitrogens is 2. The first-order valence-corrected chi connectivity index (χ1v) is 10.8. The van der Waals surface area contributed by atoms with Crippen LogP contribution >= 0.6 is 0 Å². The second-order valence-electron chi connectivity index (χ2n) is 8.78. The van der Waals surface area contributed by atoms with E-state index in [1.807, 2.05) is 12.1 Å². The van der Waals surface area contributed by atoms with E-state index in [4.69, 9.17) is 9.47 Å². The van der Waals surface area contributed by atoms with Gasteiger partial charge in [0.2, 0.25) is 0 Å². The molecule has 1 unspecified atom stereocenters. The molecule has 3 aliphatic rings. The number of nitrogens with zero attached hydrogens (tertiary/aromatic N) is 5. The lowest BCUT2D eigenvalue weighted by Gasteiger charge is -2.38. The van der Waals surface area contributed by atoms with E-state index in [2.05, 4.69) is 50.7 Å². The van der Waals surface area contributed by atoms with Crippen LogP contribution in [0.2, 0.25) is 0 Å². The van der Waals surface area contributed by atoms with Gasteiger partial charge in [0, 0.05) is 51.0 Å². The molecule has 7 heteroatoms. The minimum atomic E-state index is 0.0142. The Morgan fingerprint density at radius 1 is 1.10 bits per heavy atom. The Labute approximate surface area is 177 Å². The molecule has 7 nitrogen and oxygen atoms in total. The standard InChI is InChI=1S/C23H29N5O2/c1-16(14-29-3)27-8-10-28(11-9-27)21-13-20(24-15-25-21)22-18-12-17(4-5-19(18)26-22)30-23(2)6-7-23/h4-5,12-13,15-16H,6-11,14H2,1-3H3. The number of aliphatic imine (C=N–C) groups is 1. The molecule has 0 amide bonds. The van der Waals surface area contributed by atoms with E-state index in [9.17, 15) is 0 Å². The van der Waals surface area contributed by atoms with Crippen molar-refractivity contribution in [3.8, 4) is 5.75 Å². The molecule has 1 atom stereocenters. The van der Waals surface area contributed by atoms with E-state index in [-0.39, 0.29) is 5.60 Å². The summed E-state index contributed by atoms with van der Waals surface area (Å²) in [5.41, 5.74) is 3.92. The van der Waals surface area contributed by atoms with Gasteiger partial charge in [0.25, 0.3) is 0 Å². The fourth-order valence-corrected chi connectivity index (χ4v) is 4.14. The number of hydrogen-bond acceptors (Lipinski definition) is 7. The van der Waals surface area contributed by atoms with E-state index in [0.717, 1.165) is 79.9 Å². The Morgan fingerprint density at radius 2 is 1.90 bits per heavy atom. The number of benzene rings is 1. The number of fused-ring (bicyclic) bond motifs is 1. The van der Waals surface area contributed by atoms with E-state index in [1.165, 1.54) is 0 Å². The third-order valence-corrected chi connectivity index (χ3v) is 6.34. The van der Waals surface area contributed by atoms with Crippen LogP contribution in [0.1, 0.15) is 37.9 Å². The summed E-state index contributed by atoms with van der Waals surface area (Å²) in [6.45, 7) is 9.06. The molecular weight excluding hydrogens is 378 g/mol. The lowest BCUT2D eigenvalue weighted by Crippen LogP contribution is -2.51. The average molecular weight is 408 g/mol. The van der Waals surface area contributed by atoms with Crippen molar-refractivity contribution in [2.75, 3.05) is 44.8 Å². The van der Waals surface area contributed by atoms with Crippen molar-refractivity contribution in [2.24, 2.45) is 4.99 Å². The van der Waals surface area contributed by atoms with Crippen LogP contribution in [0.4, 0.5) is 11.5 Å². The molecule has 0 radical (unpaired) electrons. The number of rotatable bonds is 7. The van der Waals surface area contributed by atoms with E-state index in [1.54, 1.807) is 13.4 Å². The van der Waals surface area contributed by atoms with Gasteiger partial charge in [-0.25, -0.2) is 15.0 Å². The van der Waals surface area contributed by atoms with Crippen LogP contribution in [-0.4, -0.2) is 72.1 Å². The topological polar surface area (TPSA) is 63.1 Å². The van der Waals surface area contributed by atoms with Gasteiger partial charge < -0.3 is 14.4 Å². The molecule has 3 heterocycles. The highest BCUT2D eigenvalue weighted by Gasteiger charge is 2.40. The lowest BCUT2D eigenvalue weighted by molar-refractivity contribution is 0.0952. The minimum Gasteiger partial charge on any atom is -0.488 e. The number of methoxy groups -OCH3 is 1. The van der Waals surface area contributed by atoms with Crippen LogP contribution in [0.3, 0.4) is 0 Å². The molecule has 0 spiro atoms. The summed E-state index contributed by atoms with van der Waals surface area (Å²) in [5.74, 6) is 1.88. The highest BCUT2D eigenvalue weighted by molar-refractivity contribution is 6.21. The van der Waals surface area contributed by atoms with Crippen molar-refractivity contribution < 1.29 is 9.47 Å². The fraction of sp³-hybridized carbons (Fsp3) is 0.522. The molecule has 0 N–H and O–H groups in total. The molecule has 1 aromatic carbocycles. The van der Waals surface area contributed by atoms with E-state index < -0.39 is 0 Å². The first-order chi connectivity index (χ1) is 14.5. The summed E-state index contributed by atoms with van der Waals surface area (Å²) in [4.78, 5) is 18.5. The average Bonchev–Trinajstić information content (AvgIpc) is 3.47. The van der Waals surface area contributed by atoms with Crippen molar-refractivity contribution in [1.82, 2.24) is 14.9 Å². The van der Waals surface area contributed by atoms with Gasteiger partial charge in [0.05, 0.1) is 23.7 Å². The summed E-state index contributed by atoms with van der Waals surface area (Å²) in [6.07, 6.45) is 3.90.